The van der Waals surface area contributed by atoms with Crippen LogP contribution in [-0.4, -0.2) is 17.4 Å². The first-order valence-electron chi connectivity index (χ1n) is 9.83. The van der Waals surface area contributed by atoms with Gasteiger partial charge in [0.2, 0.25) is 0 Å². The fraction of sp³-hybridized carbons (Fsp3) is 0.250. The Morgan fingerprint density at radius 2 is 2.00 bits per heavy atom. The molecule has 3 nitrogen and oxygen atoms in total. The normalized spacial score (nSPS) is 11.5. The van der Waals surface area contributed by atoms with Crippen LogP contribution in [0.4, 0.5) is 0 Å². The fourth-order valence-corrected chi connectivity index (χ4v) is 4.08. The number of aromatic nitrogens is 1. The van der Waals surface area contributed by atoms with Crippen LogP contribution in [0.15, 0.2) is 60.0 Å². The van der Waals surface area contributed by atoms with Crippen LogP contribution in [0.1, 0.15) is 47.8 Å². The van der Waals surface area contributed by atoms with Crippen LogP contribution in [0.25, 0.3) is 16.1 Å². The van der Waals surface area contributed by atoms with Gasteiger partial charge in [0.05, 0.1) is 0 Å². The van der Waals surface area contributed by atoms with Gasteiger partial charge in [0.1, 0.15) is 10.7 Å². The number of nitrogens with one attached hydrogen (secondary N) is 1. The van der Waals surface area contributed by atoms with E-state index < -0.39 is 0 Å². The minimum Gasteiger partial charge on any atom is -0.350 e. The van der Waals surface area contributed by atoms with Gasteiger partial charge in [-0.05, 0) is 48.6 Å². The molecule has 0 spiro atoms. The lowest BCUT2D eigenvalue weighted by Crippen LogP contribution is -2.25. The molecule has 0 aliphatic carbocycles. The summed E-state index contributed by atoms with van der Waals surface area (Å²) in [7, 11) is 0. The number of allylic oxidation sites excluding steroid dienone is 1. The molecule has 2 aromatic carbocycles. The van der Waals surface area contributed by atoms with Gasteiger partial charge in [0.25, 0.3) is 5.91 Å². The number of unbranched alkanes of at least 4 members (excludes halogenated alkanes) is 1. The smallest absolute Gasteiger partial charge is 0.270 e. The zero-order valence-corrected chi connectivity index (χ0v) is 18.3. The molecule has 1 aromatic heterocycles. The van der Waals surface area contributed by atoms with Crippen molar-refractivity contribution in [1.82, 2.24) is 10.3 Å². The summed E-state index contributed by atoms with van der Waals surface area (Å²) in [6.45, 7) is 4.80. The van der Waals surface area contributed by atoms with Gasteiger partial charge < -0.3 is 5.32 Å². The molecule has 0 saturated heterocycles. The maximum atomic E-state index is 12.5. The molecule has 0 saturated carbocycles. The van der Waals surface area contributed by atoms with Gasteiger partial charge in [0, 0.05) is 22.5 Å². The molecular weight excluding hydrogens is 400 g/mol. The van der Waals surface area contributed by atoms with Gasteiger partial charge in [-0.15, -0.1) is 11.3 Å². The quantitative estimate of drug-likeness (QED) is 0.433. The lowest BCUT2D eigenvalue weighted by Gasteiger charge is -2.12. The van der Waals surface area contributed by atoms with Crippen molar-refractivity contribution in [3.63, 3.8) is 0 Å². The first-order chi connectivity index (χ1) is 14.1. The average Bonchev–Trinajstić information content (AvgIpc) is 3.23. The van der Waals surface area contributed by atoms with Crippen LogP contribution >= 0.6 is 22.9 Å². The number of amides is 1. The van der Waals surface area contributed by atoms with Crippen LogP contribution in [0.3, 0.4) is 0 Å². The second-order valence-electron chi connectivity index (χ2n) is 6.89. The van der Waals surface area contributed by atoms with Crippen LogP contribution in [-0.2, 0) is 0 Å². The Morgan fingerprint density at radius 1 is 1.21 bits per heavy atom. The van der Waals surface area contributed by atoms with E-state index in [1.165, 1.54) is 22.5 Å². The highest BCUT2D eigenvalue weighted by Crippen LogP contribution is 2.26. The lowest BCUT2D eigenvalue weighted by atomic mass is 9.96. The Labute approximate surface area is 181 Å². The van der Waals surface area contributed by atoms with E-state index in [1.807, 2.05) is 53.9 Å². The number of hydrogen-bond acceptors (Lipinski definition) is 3. The summed E-state index contributed by atoms with van der Waals surface area (Å²) >= 11 is 7.69. The minimum absolute atomic E-state index is 0.138. The summed E-state index contributed by atoms with van der Waals surface area (Å²) in [6, 6.07) is 15.9. The molecule has 0 fully saturated rings. The van der Waals surface area contributed by atoms with Crippen molar-refractivity contribution in [3.05, 3.63) is 81.8 Å². The summed E-state index contributed by atoms with van der Waals surface area (Å²) in [6.07, 6.45) is 5.09. The molecule has 1 amide bonds. The van der Waals surface area contributed by atoms with Crippen LogP contribution in [0, 0.1) is 6.92 Å². The van der Waals surface area contributed by atoms with Crippen molar-refractivity contribution in [2.75, 3.05) is 6.54 Å². The van der Waals surface area contributed by atoms with E-state index in [-0.39, 0.29) is 5.91 Å². The maximum Gasteiger partial charge on any atom is 0.270 e. The van der Waals surface area contributed by atoms with Crippen LogP contribution in [0.5, 0.6) is 0 Å². The number of carbonyl (C=O) groups is 1. The predicted molar refractivity (Wildman–Crippen MR) is 124 cm³/mol. The monoisotopic (exact) mass is 424 g/mol. The van der Waals surface area contributed by atoms with Crippen molar-refractivity contribution in [3.8, 4) is 10.6 Å². The summed E-state index contributed by atoms with van der Waals surface area (Å²) in [5.74, 6) is -0.138. The number of carbonyl (C=O) groups excluding carboxylic acids is 1. The van der Waals surface area contributed by atoms with Gasteiger partial charge in [-0.25, -0.2) is 4.98 Å². The third kappa shape index (κ3) is 5.78. The molecule has 0 aliphatic rings. The summed E-state index contributed by atoms with van der Waals surface area (Å²) in [5.41, 5.74) is 5.05. The second kappa shape index (κ2) is 10.4. The van der Waals surface area contributed by atoms with E-state index in [9.17, 15) is 4.79 Å². The Kier molecular flexibility index (Phi) is 7.62. The summed E-state index contributed by atoms with van der Waals surface area (Å²) < 4.78 is 0. The molecule has 3 rings (SSSR count). The number of thiazole rings is 1. The zero-order valence-electron chi connectivity index (χ0n) is 16.7. The molecule has 0 radical (unpaired) electrons. The largest absolute Gasteiger partial charge is 0.350 e. The molecule has 29 heavy (non-hydrogen) atoms. The minimum atomic E-state index is -0.138. The molecule has 0 atom stereocenters. The first-order valence-corrected chi connectivity index (χ1v) is 11.1. The Balaban J connectivity index is 1.64. The second-order valence-corrected chi connectivity index (χ2v) is 8.18. The molecule has 0 unspecified atom stereocenters. The van der Waals surface area contributed by atoms with Crippen molar-refractivity contribution in [2.45, 2.75) is 33.1 Å². The number of nitrogens with zero attached hydrogens (tertiary/aromatic N) is 1. The zero-order chi connectivity index (χ0) is 20.6. The van der Waals surface area contributed by atoms with E-state index in [4.69, 9.17) is 11.6 Å². The Hall–Kier alpha value is -2.43. The van der Waals surface area contributed by atoms with Gasteiger partial charge in [-0.1, -0.05) is 67.4 Å². The van der Waals surface area contributed by atoms with E-state index in [0.29, 0.717) is 12.2 Å². The lowest BCUT2D eigenvalue weighted by molar-refractivity contribution is 0.0950. The standard InChI is InChI=1S/C24H25ClN2OS/c1-3-4-8-18(21-15-20(25)12-11-17(21)2)13-14-26-23(28)22-16-29-24(27-22)19-9-6-5-7-10-19/h5-12,15-16H,3-4,13-14H2,1-2H3,(H,26,28)/b18-8-. The predicted octanol–water partition coefficient (Wildman–Crippen LogP) is 6.78. The molecule has 3 aromatic rings. The SMILES string of the molecule is CCC/C=C(/CCNC(=O)c1csc(-c2ccccc2)n1)c1cc(Cl)ccc1C. The number of halogens is 1. The average molecular weight is 425 g/mol. The number of aryl methyl sites for hydroxylation is 1. The number of hydrogen-bond donors (Lipinski definition) is 1. The van der Waals surface area contributed by atoms with Gasteiger partial charge in [-0.3, -0.25) is 4.79 Å². The van der Waals surface area contributed by atoms with E-state index >= 15 is 0 Å². The molecule has 150 valence electrons. The highest BCUT2D eigenvalue weighted by Gasteiger charge is 2.12. The van der Waals surface area contributed by atoms with E-state index in [0.717, 1.165) is 40.4 Å². The highest BCUT2D eigenvalue weighted by molar-refractivity contribution is 7.13. The van der Waals surface area contributed by atoms with Crippen LogP contribution < -0.4 is 5.32 Å². The first kappa shape index (κ1) is 21.3. The number of benzene rings is 2. The van der Waals surface area contributed by atoms with E-state index in [2.05, 4.69) is 30.2 Å². The topological polar surface area (TPSA) is 42.0 Å². The van der Waals surface area contributed by atoms with Crippen LogP contribution in [0.2, 0.25) is 5.02 Å². The Bertz CT molecular complexity index is 995. The van der Waals surface area contributed by atoms with E-state index in [1.54, 1.807) is 0 Å². The molecule has 0 aliphatic heterocycles. The fourth-order valence-electron chi connectivity index (χ4n) is 3.10. The third-order valence-corrected chi connectivity index (χ3v) is 5.79. The number of rotatable bonds is 8. The summed E-state index contributed by atoms with van der Waals surface area (Å²) in [4.78, 5) is 17.0. The van der Waals surface area contributed by atoms with Gasteiger partial charge in [-0.2, -0.15) is 0 Å². The molecule has 5 heteroatoms. The molecule has 0 bridgehead atoms. The van der Waals surface area contributed by atoms with Gasteiger partial charge >= 0.3 is 0 Å². The van der Waals surface area contributed by atoms with Crippen molar-refractivity contribution < 1.29 is 4.79 Å². The molecule has 1 N–H and O–H groups in total. The molecular formula is C24H25ClN2OS. The summed E-state index contributed by atoms with van der Waals surface area (Å²) in [5, 5.41) is 6.40. The highest BCUT2D eigenvalue weighted by atomic mass is 35.5. The maximum absolute atomic E-state index is 12.5. The van der Waals surface area contributed by atoms with Crippen molar-refractivity contribution >= 4 is 34.4 Å². The third-order valence-electron chi connectivity index (χ3n) is 4.66. The van der Waals surface area contributed by atoms with Crippen molar-refractivity contribution in [1.29, 1.82) is 0 Å². The van der Waals surface area contributed by atoms with Crippen molar-refractivity contribution in [2.24, 2.45) is 0 Å². The Morgan fingerprint density at radius 3 is 2.76 bits per heavy atom. The molecule has 1 heterocycles. The van der Waals surface area contributed by atoms with Gasteiger partial charge in [0.15, 0.2) is 0 Å².